The van der Waals surface area contributed by atoms with Gasteiger partial charge in [-0.25, -0.2) is 0 Å². The Hall–Kier alpha value is -0.150. The van der Waals surface area contributed by atoms with Gasteiger partial charge in [0.2, 0.25) is 0 Å². The van der Waals surface area contributed by atoms with E-state index >= 15 is 0 Å². The van der Waals surface area contributed by atoms with E-state index in [1.807, 2.05) is 0 Å². The second-order valence-corrected chi connectivity index (χ2v) is 6.42. The van der Waals surface area contributed by atoms with E-state index in [-0.39, 0.29) is 0 Å². The minimum absolute atomic E-state index is 0.635. The predicted molar refractivity (Wildman–Crippen MR) is 72.8 cm³/mol. The number of rotatable bonds is 2. The van der Waals surface area contributed by atoms with Gasteiger partial charge >= 0.3 is 0 Å². The maximum Gasteiger partial charge on any atom is 0.0385 e. The Labute approximate surface area is 104 Å². The van der Waals surface area contributed by atoms with Crippen LogP contribution in [0.25, 0.3) is 0 Å². The second-order valence-electron chi connectivity index (χ2n) is 4.08. The molecule has 1 saturated heterocycles. The summed E-state index contributed by atoms with van der Waals surface area (Å²) in [7, 11) is 0. The summed E-state index contributed by atoms with van der Waals surface area (Å²) in [5.74, 6) is 1.29. The third-order valence-corrected chi connectivity index (χ3v) is 5.10. The minimum atomic E-state index is 0.635. The number of anilines is 1. The molecule has 1 heterocycles. The Balaban J connectivity index is 2.07. The van der Waals surface area contributed by atoms with E-state index in [4.69, 9.17) is 0 Å². The van der Waals surface area contributed by atoms with Gasteiger partial charge in [0, 0.05) is 21.5 Å². The van der Waals surface area contributed by atoms with Crippen molar-refractivity contribution in [1.82, 2.24) is 0 Å². The van der Waals surface area contributed by atoms with Gasteiger partial charge in [-0.2, -0.15) is 11.8 Å². The Morgan fingerprint density at radius 2 is 2.27 bits per heavy atom. The van der Waals surface area contributed by atoms with Gasteiger partial charge in [-0.15, -0.1) is 0 Å². The van der Waals surface area contributed by atoms with Crippen molar-refractivity contribution in [1.29, 1.82) is 0 Å². The zero-order chi connectivity index (χ0) is 10.8. The lowest BCUT2D eigenvalue weighted by atomic mass is 10.1. The molecule has 0 bridgehead atoms. The third-order valence-electron chi connectivity index (χ3n) is 2.89. The molecule has 2 atom stereocenters. The summed E-state index contributed by atoms with van der Waals surface area (Å²) in [4.78, 5) is 0. The molecule has 1 nitrogen and oxygen atoms in total. The number of hydrogen-bond donors (Lipinski definition) is 1. The van der Waals surface area contributed by atoms with E-state index in [2.05, 4.69) is 65.1 Å². The quantitative estimate of drug-likeness (QED) is 0.879. The summed E-state index contributed by atoms with van der Waals surface area (Å²) in [5, 5.41) is 4.35. The highest BCUT2D eigenvalue weighted by Gasteiger charge is 2.23. The van der Waals surface area contributed by atoms with Crippen LogP contribution in [0.2, 0.25) is 0 Å². The number of hydrogen-bond acceptors (Lipinski definition) is 2. The Morgan fingerprint density at radius 1 is 1.47 bits per heavy atom. The van der Waals surface area contributed by atoms with E-state index < -0.39 is 0 Å². The molecular formula is C12H16BrNS. The monoisotopic (exact) mass is 285 g/mol. The Morgan fingerprint density at radius 3 is 2.87 bits per heavy atom. The van der Waals surface area contributed by atoms with E-state index in [1.165, 1.54) is 27.9 Å². The molecule has 1 fully saturated rings. The molecule has 0 spiro atoms. The molecule has 1 N–H and O–H groups in total. The molecule has 0 aliphatic carbocycles. The molecule has 2 unspecified atom stereocenters. The molecule has 1 aromatic carbocycles. The molecule has 2 rings (SSSR count). The fraction of sp³-hybridized carbons (Fsp3) is 0.500. The smallest absolute Gasteiger partial charge is 0.0385 e. The van der Waals surface area contributed by atoms with Crippen molar-refractivity contribution >= 4 is 33.4 Å². The molecule has 1 aliphatic rings. The lowest BCUT2D eigenvalue weighted by Gasteiger charge is -2.18. The van der Waals surface area contributed by atoms with Crippen LogP contribution in [-0.2, 0) is 0 Å². The molecule has 0 saturated carbocycles. The van der Waals surface area contributed by atoms with Crippen LogP contribution >= 0.6 is 27.7 Å². The van der Waals surface area contributed by atoms with Gasteiger partial charge in [0.1, 0.15) is 0 Å². The highest BCUT2D eigenvalue weighted by atomic mass is 79.9. The topological polar surface area (TPSA) is 12.0 Å². The van der Waals surface area contributed by atoms with Crippen molar-refractivity contribution in [3.05, 3.63) is 28.2 Å². The van der Waals surface area contributed by atoms with Crippen LogP contribution in [0.3, 0.4) is 0 Å². The van der Waals surface area contributed by atoms with Crippen molar-refractivity contribution in [2.24, 2.45) is 0 Å². The fourth-order valence-electron chi connectivity index (χ4n) is 1.87. The lowest BCUT2D eigenvalue weighted by Crippen LogP contribution is -2.24. The van der Waals surface area contributed by atoms with Gasteiger partial charge in [-0.1, -0.05) is 22.9 Å². The van der Waals surface area contributed by atoms with Crippen LogP contribution in [0.5, 0.6) is 0 Å². The summed E-state index contributed by atoms with van der Waals surface area (Å²) in [6.45, 7) is 4.43. The van der Waals surface area contributed by atoms with Crippen molar-refractivity contribution in [2.75, 3.05) is 11.1 Å². The van der Waals surface area contributed by atoms with Crippen LogP contribution in [-0.4, -0.2) is 17.0 Å². The zero-order valence-corrected chi connectivity index (χ0v) is 11.5. The normalized spacial score (nSPS) is 25.5. The van der Waals surface area contributed by atoms with E-state index in [9.17, 15) is 0 Å². The molecule has 1 aromatic rings. The van der Waals surface area contributed by atoms with Crippen molar-refractivity contribution < 1.29 is 0 Å². The molecule has 82 valence electrons. The van der Waals surface area contributed by atoms with Gasteiger partial charge in [0.25, 0.3) is 0 Å². The molecular weight excluding hydrogens is 270 g/mol. The van der Waals surface area contributed by atoms with Crippen LogP contribution in [0.15, 0.2) is 22.7 Å². The van der Waals surface area contributed by atoms with Crippen molar-refractivity contribution in [2.45, 2.75) is 31.6 Å². The lowest BCUT2D eigenvalue weighted by molar-refractivity contribution is 0.724. The average molecular weight is 286 g/mol. The van der Waals surface area contributed by atoms with Gasteiger partial charge in [-0.05, 0) is 42.9 Å². The predicted octanol–water partition coefficient (Wildman–Crippen LogP) is 4.06. The summed E-state index contributed by atoms with van der Waals surface area (Å²) in [5.41, 5.74) is 2.54. The zero-order valence-electron chi connectivity index (χ0n) is 9.09. The number of thioether (sulfide) groups is 1. The first-order valence-electron chi connectivity index (χ1n) is 5.31. The molecule has 15 heavy (non-hydrogen) atoms. The van der Waals surface area contributed by atoms with Crippen LogP contribution in [0, 0.1) is 6.92 Å². The highest BCUT2D eigenvalue weighted by Crippen LogP contribution is 2.29. The van der Waals surface area contributed by atoms with Crippen molar-refractivity contribution in [3.8, 4) is 0 Å². The highest BCUT2D eigenvalue weighted by molar-refractivity contribution is 9.10. The average Bonchev–Trinajstić information content (AvgIpc) is 2.59. The van der Waals surface area contributed by atoms with Crippen LogP contribution in [0.4, 0.5) is 5.69 Å². The first kappa shape index (κ1) is 11.3. The standard InChI is InChI=1S/C12H16BrNS/c1-8-7-10(3-4-11(8)13)14-12-5-6-15-9(12)2/h3-4,7,9,12,14H,5-6H2,1-2H3. The molecule has 1 aliphatic heterocycles. The molecule has 0 amide bonds. The largest absolute Gasteiger partial charge is 0.381 e. The van der Waals surface area contributed by atoms with Crippen molar-refractivity contribution in [3.63, 3.8) is 0 Å². The first-order valence-corrected chi connectivity index (χ1v) is 7.15. The fourth-order valence-corrected chi connectivity index (χ4v) is 3.31. The number of nitrogens with one attached hydrogen (secondary N) is 1. The van der Waals surface area contributed by atoms with E-state index in [0.717, 1.165) is 5.25 Å². The number of halogens is 1. The SMILES string of the molecule is Cc1cc(NC2CCSC2C)ccc1Br. The summed E-state index contributed by atoms with van der Waals surface area (Å²) in [6, 6.07) is 7.10. The maximum absolute atomic E-state index is 3.62. The number of aryl methyl sites for hydroxylation is 1. The van der Waals surface area contributed by atoms with Gasteiger partial charge in [0.05, 0.1) is 0 Å². The number of benzene rings is 1. The van der Waals surface area contributed by atoms with Gasteiger partial charge < -0.3 is 5.32 Å². The second kappa shape index (κ2) is 4.79. The Kier molecular flexibility index (Phi) is 3.62. The van der Waals surface area contributed by atoms with Gasteiger partial charge in [0.15, 0.2) is 0 Å². The first-order chi connectivity index (χ1) is 7.16. The molecule has 3 heteroatoms. The summed E-state index contributed by atoms with van der Waals surface area (Å²) in [6.07, 6.45) is 1.28. The van der Waals surface area contributed by atoms with E-state index in [1.54, 1.807) is 0 Å². The molecule has 0 radical (unpaired) electrons. The maximum atomic E-state index is 3.62. The van der Waals surface area contributed by atoms with Crippen LogP contribution < -0.4 is 5.32 Å². The summed E-state index contributed by atoms with van der Waals surface area (Å²) < 4.78 is 1.18. The van der Waals surface area contributed by atoms with Crippen LogP contribution in [0.1, 0.15) is 18.9 Å². The summed E-state index contributed by atoms with van der Waals surface area (Å²) >= 11 is 5.58. The van der Waals surface area contributed by atoms with E-state index in [0.29, 0.717) is 6.04 Å². The molecule has 0 aromatic heterocycles. The Bertz CT molecular complexity index is 353. The minimum Gasteiger partial charge on any atom is -0.381 e. The van der Waals surface area contributed by atoms with Gasteiger partial charge in [-0.3, -0.25) is 0 Å². The third kappa shape index (κ3) is 2.70.